The highest BCUT2D eigenvalue weighted by molar-refractivity contribution is 5.73. The lowest BCUT2D eigenvalue weighted by molar-refractivity contribution is -0.273. The second-order valence-corrected chi connectivity index (χ2v) is 8.94. The first-order chi connectivity index (χ1) is 12.9. The lowest BCUT2D eigenvalue weighted by Gasteiger charge is -2.59. The summed E-state index contributed by atoms with van der Waals surface area (Å²) in [6, 6.07) is 10.3. The molecular weight excluding hydrogens is 338 g/mol. The Labute approximate surface area is 162 Å². The molecule has 0 radical (unpaired) electrons. The van der Waals surface area contributed by atoms with Crippen LogP contribution < -0.4 is 0 Å². The molecule has 3 aliphatic rings. The van der Waals surface area contributed by atoms with Crippen molar-refractivity contribution >= 4 is 5.97 Å². The standard InChI is InChI=1S/C23H31NO3/c1-16-12-13-18-20(14-16)27-22-19(11-7-10-17-8-5-4-6-9-17)26-21(25)15-24(22)23(18,2)3/h4-9,11,16,18-20,22H,10,12-15H2,1-3H3/b11-7-/t16-,18-,19+,20-,22+/m1/s1. The molecule has 0 spiro atoms. The zero-order valence-electron chi connectivity index (χ0n) is 16.6. The highest BCUT2D eigenvalue weighted by Crippen LogP contribution is 2.46. The Morgan fingerprint density at radius 2 is 2.00 bits per heavy atom. The number of morpholine rings is 1. The van der Waals surface area contributed by atoms with Crippen molar-refractivity contribution in [2.45, 2.75) is 70.4 Å². The average molecular weight is 370 g/mol. The van der Waals surface area contributed by atoms with Crippen LogP contribution in [0.1, 0.15) is 45.6 Å². The predicted molar refractivity (Wildman–Crippen MR) is 105 cm³/mol. The normalized spacial score (nSPS) is 36.1. The molecule has 0 bridgehead atoms. The van der Waals surface area contributed by atoms with E-state index in [0.29, 0.717) is 18.4 Å². The van der Waals surface area contributed by atoms with Crippen molar-refractivity contribution < 1.29 is 14.3 Å². The summed E-state index contributed by atoms with van der Waals surface area (Å²) in [6.07, 6.45) is 8.20. The van der Waals surface area contributed by atoms with Crippen LogP contribution in [0.3, 0.4) is 0 Å². The Morgan fingerprint density at radius 3 is 2.78 bits per heavy atom. The molecule has 2 saturated heterocycles. The molecule has 4 heteroatoms. The number of ether oxygens (including phenoxy) is 2. The van der Waals surface area contributed by atoms with Crippen LogP contribution in [0.4, 0.5) is 0 Å². The van der Waals surface area contributed by atoms with Crippen LogP contribution in [0.5, 0.6) is 0 Å². The van der Waals surface area contributed by atoms with E-state index < -0.39 is 0 Å². The molecule has 1 aromatic carbocycles. The maximum Gasteiger partial charge on any atom is 0.320 e. The summed E-state index contributed by atoms with van der Waals surface area (Å²) in [5.41, 5.74) is 1.19. The fourth-order valence-corrected chi connectivity index (χ4v) is 5.10. The first kappa shape index (κ1) is 18.7. The zero-order chi connectivity index (χ0) is 19.0. The number of hydrogen-bond acceptors (Lipinski definition) is 4. The lowest BCUT2D eigenvalue weighted by atomic mass is 9.69. The van der Waals surface area contributed by atoms with Crippen molar-refractivity contribution in [1.29, 1.82) is 0 Å². The number of hydrogen-bond donors (Lipinski definition) is 0. The van der Waals surface area contributed by atoms with Gasteiger partial charge in [-0.1, -0.05) is 49.8 Å². The summed E-state index contributed by atoms with van der Waals surface area (Å²) in [5, 5.41) is 0. The van der Waals surface area contributed by atoms with Crippen molar-refractivity contribution in [2.75, 3.05) is 6.54 Å². The summed E-state index contributed by atoms with van der Waals surface area (Å²) in [6.45, 7) is 7.19. The van der Waals surface area contributed by atoms with Crippen LogP contribution in [0, 0.1) is 11.8 Å². The highest BCUT2D eigenvalue weighted by Gasteiger charge is 2.54. The number of fused-ring (bicyclic) bond motifs is 2. The molecule has 146 valence electrons. The van der Waals surface area contributed by atoms with Gasteiger partial charge in [0.25, 0.3) is 0 Å². The molecule has 4 nitrogen and oxygen atoms in total. The van der Waals surface area contributed by atoms with Gasteiger partial charge in [0.15, 0.2) is 12.3 Å². The molecule has 1 aliphatic carbocycles. The van der Waals surface area contributed by atoms with Crippen LogP contribution in [-0.4, -0.2) is 41.4 Å². The Bertz CT molecular complexity index is 699. The minimum atomic E-state index is -0.340. The monoisotopic (exact) mass is 369 g/mol. The van der Waals surface area contributed by atoms with E-state index in [9.17, 15) is 4.79 Å². The number of rotatable bonds is 3. The molecule has 27 heavy (non-hydrogen) atoms. The summed E-state index contributed by atoms with van der Waals surface area (Å²) >= 11 is 0. The van der Waals surface area contributed by atoms with E-state index in [2.05, 4.69) is 43.9 Å². The Kier molecular flexibility index (Phi) is 5.13. The molecule has 0 amide bonds. The fraction of sp³-hybridized carbons (Fsp3) is 0.609. The highest BCUT2D eigenvalue weighted by atomic mass is 16.6. The van der Waals surface area contributed by atoms with Crippen molar-refractivity contribution in [3.8, 4) is 0 Å². The number of esters is 1. The number of cyclic esters (lactones) is 1. The number of allylic oxidation sites excluding steroid dienone is 1. The van der Waals surface area contributed by atoms with E-state index in [4.69, 9.17) is 9.47 Å². The number of benzene rings is 1. The molecule has 1 aromatic rings. The lowest BCUT2D eigenvalue weighted by Crippen LogP contribution is -2.70. The minimum Gasteiger partial charge on any atom is -0.453 e. The van der Waals surface area contributed by atoms with Gasteiger partial charge in [0, 0.05) is 11.5 Å². The third-order valence-electron chi connectivity index (χ3n) is 6.69. The predicted octanol–water partition coefficient (Wildman–Crippen LogP) is 3.95. The van der Waals surface area contributed by atoms with Gasteiger partial charge in [-0.3, -0.25) is 9.69 Å². The van der Waals surface area contributed by atoms with Gasteiger partial charge in [-0.05, 0) is 50.7 Å². The minimum absolute atomic E-state index is 0.0569. The quantitative estimate of drug-likeness (QED) is 0.597. The van der Waals surface area contributed by atoms with E-state index in [1.165, 1.54) is 18.4 Å². The van der Waals surface area contributed by atoms with E-state index in [-0.39, 0.29) is 29.9 Å². The maximum atomic E-state index is 12.3. The third-order valence-corrected chi connectivity index (χ3v) is 6.69. The van der Waals surface area contributed by atoms with Crippen molar-refractivity contribution in [2.24, 2.45) is 11.8 Å². The molecule has 4 rings (SSSR count). The van der Waals surface area contributed by atoms with Crippen LogP contribution in [0.15, 0.2) is 42.5 Å². The van der Waals surface area contributed by atoms with Gasteiger partial charge in [-0.2, -0.15) is 0 Å². The van der Waals surface area contributed by atoms with Crippen molar-refractivity contribution in [3.05, 3.63) is 48.0 Å². The van der Waals surface area contributed by atoms with E-state index >= 15 is 0 Å². The molecule has 2 heterocycles. The zero-order valence-corrected chi connectivity index (χ0v) is 16.6. The van der Waals surface area contributed by atoms with Crippen LogP contribution in [-0.2, 0) is 20.7 Å². The van der Waals surface area contributed by atoms with Crippen LogP contribution >= 0.6 is 0 Å². The number of carbonyl (C=O) groups is 1. The Morgan fingerprint density at radius 1 is 1.22 bits per heavy atom. The molecule has 0 N–H and O–H groups in total. The number of carbonyl (C=O) groups excluding carboxylic acids is 1. The van der Waals surface area contributed by atoms with E-state index in [1.54, 1.807) is 0 Å². The van der Waals surface area contributed by atoms with Gasteiger partial charge in [0.2, 0.25) is 0 Å². The molecule has 2 aliphatic heterocycles. The van der Waals surface area contributed by atoms with Crippen LogP contribution in [0.25, 0.3) is 0 Å². The third kappa shape index (κ3) is 3.70. The van der Waals surface area contributed by atoms with E-state index in [0.717, 1.165) is 12.8 Å². The Hall–Kier alpha value is -1.65. The SMILES string of the molecule is C[C@@H]1CC[C@@H]2[C@@H](C1)O[C@H]1[C@H](/C=C\Cc3ccccc3)OC(=O)CN1C2(C)C. The largest absolute Gasteiger partial charge is 0.453 e. The van der Waals surface area contributed by atoms with Gasteiger partial charge in [0.1, 0.15) is 0 Å². The van der Waals surface area contributed by atoms with Crippen molar-refractivity contribution in [1.82, 2.24) is 4.90 Å². The van der Waals surface area contributed by atoms with Gasteiger partial charge in [0.05, 0.1) is 12.6 Å². The van der Waals surface area contributed by atoms with E-state index in [1.807, 2.05) is 24.3 Å². The van der Waals surface area contributed by atoms with Crippen LogP contribution in [0.2, 0.25) is 0 Å². The van der Waals surface area contributed by atoms with Gasteiger partial charge < -0.3 is 9.47 Å². The maximum absolute atomic E-state index is 12.3. The fourth-order valence-electron chi connectivity index (χ4n) is 5.10. The summed E-state index contributed by atoms with van der Waals surface area (Å²) < 4.78 is 12.3. The molecule has 0 aromatic heterocycles. The summed E-state index contributed by atoms with van der Waals surface area (Å²) in [5.74, 6) is 1.02. The summed E-state index contributed by atoms with van der Waals surface area (Å²) in [4.78, 5) is 14.6. The summed E-state index contributed by atoms with van der Waals surface area (Å²) in [7, 11) is 0. The van der Waals surface area contributed by atoms with Gasteiger partial charge >= 0.3 is 5.97 Å². The smallest absolute Gasteiger partial charge is 0.320 e. The number of nitrogens with zero attached hydrogens (tertiary/aromatic N) is 1. The topological polar surface area (TPSA) is 38.8 Å². The molecule has 3 fully saturated rings. The average Bonchev–Trinajstić information content (AvgIpc) is 2.63. The Balaban J connectivity index is 1.53. The molecular formula is C23H31NO3. The second-order valence-electron chi connectivity index (χ2n) is 8.94. The molecule has 5 atom stereocenters. The first-order valence-electron chi connectivity index (χ1n) is 10.3. The van der Waals surface area contributed by atoms with Gasteiger partial charge in [-0.15, -0.1) is 0 Å². The second kappa shape index (κ2) is 7.40. The van der Waals surface area contributed by atoms with Gasteiger partial charge in [-0.25, -0.2) is 0 Å². The van der Waals surface area contributed by atoms with Crippen molar-refractivity contribution in [3.63, 3.8) is 0 Å². The molecule has 0 unspecified atom stereocenters. The first-order valence-corrected chi connectivity index (χ1v) is 10.3. The molecule has 1 saturated carbocycles.